The van der Waals surface area contributed by atoms with Crippen molar-refractivity contribution in [1.29, 1.82) is 0 Å². The SMILES string of the molecule is O=CC1NC(C=Cc2ccccc2)=NO1. The summed E-state index contributed by atoms with van der Waals surface area (Å²) in [5.41, 5.74) is 1.07. The van der Waals surface area contributed by atoms with E-state index in [1.807, 2.05) is 36.4 Å². The van der Waals surface area contributed by atoms with Gasteiger partial charge in [0.2, 0.25) is 0 Å². The van der Waals surface area contributed by atoms with Crippen molar-refractivity contribution in [3.05, 3.63) is 42.0 Å². The van der Waals surface area contributed by atoms with Gasteiger partial charge in [0.05, 0.1) is 0 Å². The van der Waals surface area contributed by atoms with E-state index in [2.05, 4.69) is 10.5 Å². The van der Waals surface area contributed by atoms with Crippen LogP contribution in [0, 0.1) is 0 Å². The number of hydrogen-bond donors (Lipinski definition) is 1. The molecule has 4 heteroatoms. The lowest BCUT2D eigenvalue weighted by Crippen LogP contribution is -2.29. The summed E-state index contributed by atoms with van der Waals surface area (Å²) in [6, 6.07) is 9.81. The Morgan fingerprint density at radius 2 is 2.07 bits per heavy atom. The van der Waals surface area contributed by atoms with E-state index in [0.717, 1.165) is 5.56 Å². The van der Waals surface area contributed by atoms with Gasteiger partial charge in [-0.05, 0) is 11.6 Å². The molecule has 0 saturated carbocycles. The summed E-state index contributed by atoms with van der Waals surface area (Å²) in [5.74, 6) is 0.552. The fourth-order valence-corrected chi connectivity index (χ4v) is 1.19. The van der Waals surface area contributed by atoms with Crippen molar-refractivity contribution in [2.45, 2.75) is 6.23 Å². The van der Waals surface area contributed by atoms with Gasteiger partial charge in [-0.1, -0.05) is 41.6 Å². The molecule has 76 valence electrons. The monoisotopic (exact) mass is 202 g/mol. The average Bonchev–Trinajstić information content (AvgIpc) is 2.76. The largest absolute Gasteiger partial charge is 0.361 e. The first-order valence-electron chi connectivity index (χ1n) is 4.57. The molecule has 15 heavy (non-hydrogen) atoms. The molecule has 1 aromatic carbocycles. The van der Waals surface area contributed by atoms with E-state index < -0.39 is 6.23 Å². The molecule has 0 spiro atoms. The third kappa shape index (κ3) is 2.43. The molecule has 2 rings (SSSR count). The predicted octanol–water partition coefficient (Wildman–Crippen LogP) is 1.16. The number of carbonyl (C=O) groups is 1. The highest BCUT2D eigenvalue weighted by atomic mass is 16.7. The Morgan fingerprint density at radius 1 is 1.27 bits per heavy atom. The van der Waals surface area contributed by atoms with Gasteiger partial charge in [-0.25, -0.2) is 0 Å². The number of oxime groups is 1. The Hall–Kier alpha value is -2.10. The van der Waals surface area contributed by atoms with Crippen LogP contribution in [-0.4, -0.2) is 18.3 Å². The van der Waals surface area contributed by atoms with Gasteiger partial charge in [-0.3, -0.25) is 4.79 Å². The first kappa shape index (κ1) is 9.45. The Balaban J connectivity index is 1.99. The summed E-state index contributed by atoms with van der Waals surface area (Å²) < 4.78 is 0. The van der Waals surface area contributed by atoms with Crippen LogP contribution < -0.4 is 5.32 Å². The van der Waals surface area contributed by atoms with Gasteiger partial charge in [0.25, 0.3) is 6.23 Å². The first-order chi connectivity index (χ1) is 7.38. The number of amidine groups is 1. The van der Waals surface area contributed by atoms with Crippen molar-refractivity contribution in [2.75, 3.05) is 0 Å². The van der Waals surface area contributed by atoms with E-state index in [0.29, 0.717) is 12.1 Å². The summed E-state index contributed by atoms with van der Waals surface area (Å²) in [6.45, 7) is 0. The van der Waals surface area contributed by atoms with Gasteiger partial charge >= 0.3 is 0 Å². The van der Waals surface area contributed by atoms with E-state index in [-0.39, 0.29) is 0 Å². The summed E-state index contributed by atoms with van der Waals surface area (Å²) in [6.07, 6.45) is 3.66. The maximum absolute atomic E-state index is 10.3. The lowest BCUT2D eigenvalue weighted by Gasteiger charge is -1.97. The molecule has 1 unspecified atom stereocenters. The topological polar surface area (TPSA) is 50.7 Å². The van der Waals surface area contributed by atoms with Crippen LogP contribution in [0.1, 0.15) is 5.56 Å². The smallest absolute Gasteiger partial charge is 0.254 e. The zero-order chi connectivity index (χ0) is 10.5. The van der Waals surface area contributed by atoms with E-state index in [4.69, 9.17) is 4.84 Å². The molecule has 1 heterocycles. The van der Waals surface area contributed by atoms with Crippen molar-refractivity contribution in [3.63, 3.8) is 0 Å². The maximum atomic E-state index is 10.3. The van der Waals surface area contributed by atoms with E-state index >= 15 is 0 Å². The molecule has 1 aliphatic rings. The van der Waals surface area contributed by atoms with Crippen LogP contribution in [0.15, 0.2) is 41.6 Å². The Labute approximate surface area is 87.2 Å². The van der Waals surface area contributed by atoms with Gasteiger partial charge < -0.3 is 10.2 Å². The fourth-order valence-electron chi connectivity index (χ4n) is 1.19. The van der Waals surface area contributed by atoms with Crippen LogP contribution in [0.4, 0.5) is 0 Å². The standard InChI is InChI=1S/C11H10N2O2/c14-8-11-12-10(13-15-11)7-6-9-4-2-1-3-5-9/h1-8,11H,(H,12,13). The molecule has 0 saturated heterocycles. The summed E-state index contributed by atoms with van der Waals surface area (Å²) in [4.78, 5) is 15.1. The Morgan fingerprint density at radius 3 is 2.73 bits per heavy atom. The summed E-state index contributed by atoms with van der Waals surface area (Å²) in [7, 11) is 0. The second kappa shape index (κ2) is 4.41. The third-order valence-electron chi connectivity index (χ3n) is 1.91. The van der Waals surface area contributed by atoms with E-state index in [9.17, 15) is 4.79 Å². The normalized spacial score (nSPS) is 19.5. The van der Waals surface area contributed by atoms with Crippen LogP contribution in [0.3, 0.4) is 0 Å². The third-order valence-corrected chi connectivity index (χ3v) is 1.91. The second-order valence-electron chi connectivity index (χ2n) is 3.03. The number of benzene rings is 1. The highest BCUT2D eigenvalue weighted by molar-refractivity contribution is 5.98. The predicted molar refractivity (Wildman–Crippen MR) is 57.0 cm³/mol. The molecular weight excluding hydrogens is 192 g/mol. The molecule has 1 aliphatic heterocycles. The fraction of sp³-hybridized carbons (Fsp3) is 0.0909. The molecule has 0 radical (unpaired) electrons. The second-order valence-corrected chi connectivity index (χ2v) is 3.03. The molecule has 0 aliphatic carbocycles. The van der Waals surface area contributed by atoms with Crippen molar-refractivity contribution in [2.24, 2.45) is 5.16 Å². The molecule has 0 fully saturated rings. The molecule has 1 N–H and O–H groups in total. The Bertz CT molecular complexity index is 398. The molecule has 0 bridgehead atoms. The number of carbonyl (C=O) groups excluding carboxylic acids is 1. The lowest BCUT2D eigenvalue weighted by molar-refractivity contribution is -0.117. The van der Waals surface area contributed by atoms with Crippen LogP contribution in [0.2, 0.25) is 0 Å². The van der Waals surface area contributed by atoms with Gasteiger partial charge in [0, 0.05) is 0 Å². The van der Waals surface area contributed by atoms with Crippen molar-refractivity contribution >= 4 is 18.2 Å². The number of nitrogens with zero attached hydrogens (tertiary/aromatic N) is 1. The maximum Gasteiger partial charge on any atom is 0.254 e. The van der Waals surface area contributed by atoms with Crippen LogP contribution >= 0.6 is 0 Å². The van der Waals surface area contributed by atoms with Crippen LogP contribution in [0.25, 0.3) is 6.08 Å². The van der Waals surface area contributed by atoms with Crippen LogP contribution in [0.5, 0.6) is 0 Å². The number of nitrogens with one attached hydrogen (secondary N) is 1. The summed E-state index contributed by atoms with van der Waals surface area (Å²) >= 11 is 0. The zero-order valence-corrected chi connectivity index (χ0v) is 7.96. The summed E-state index contributed by atoms with van der Waals surface area (Å²) in [5, 5.41) is 6.47. The zero-order valence-electron chi connectivity index (χ0n) is 7.96. The Kier molecular flexibility index (Phi) is 2.78. The minimum atomic E-state index is -0.652. The number of aldehydes is 1. The molecule has 4 nitrogen and oxygen atoms in total. The number of hydrogen-bond acceptors (Lipinski definition) is 4. The van der Waals surface area contributed by atoms with Gasteiger partial charge in [0.15, 0.2) is 12.1 Å². The van der Waals surface area contributed by atoms with Crippen molar-refractivity contribution in [1.82, 2.24) is 5.32 Å². The minimum absolute atomic E-state index is 0.552. The quantitative estimate of drug-likeness (QED) is 0.748. The highest BCUT2D eigenvalue weighted by Crippen LogP contribution is 2.03. The molecule has 1 aromatic rings. The molecule has 1 atom stereocenters. The van der Waals surface area contributed by atoms with E-state index in [1.54, 1.807) is 6.08 Å². The molecule has 0 amide bonds. The molecular formula is C11H10N2O2. The highest BCUT2D eigenvalue weighted by Gasteiger charge is 2.15. The van der Waals surface area contributed by atoms with Crippen LogP contribution in [-0.2, 0) is 9.63 Å². The van der Waals surface area contributed by atoms with Gasteiger partial charge in [-0.15, -0.1) is 0 Å². The molecule has 0 aromatic heterocycles. The number of rotatable bonds is 3. The lowest BCUT2D eigenvalue weighted by atomic mass is 10.2. The van der Waals surface area contributed by atoms with Gasteiger partial charge in [0.1, 0.15) is 0 Å². The van der Waals surface area contributed by atoms with Crippen molar-refractivity contribution < 1.29 is 9.63 Å². The first-order valence-corrected chi connectivity index (χ1v) is 4.57. The van der Waals surface area contributed by atoms with E-state index in [1.165, 1.54) is 0 Å². The average molecular weight is 202 g/mol. The van der Waals surface area contributed by atoms with Gasteiger partial charge in [-0.2, -0.15) is 0 Å². The van der Waals surface area contributed by atoms with Crippen molar-refractivity contribution in [3.8, 4) is 0 Å². The minimum Gasteiger partial charge on any atom is -0.361 e.